The van der Waals surface area contributed by atoms with Crippen LogP contribution in [0.2, 0.25) is 0 Å². The van der Waals surface area contributed by atoms with Gasteiger partial charge in [-0.25, -0.2) is 9.59 Å². The lowest BCUT2D eigenvalue weighted by molar-refractivity contribution is -0.140. The summed E-state index contributed by atoms with van der Waals surface area (Å²) in [5.41, 5.74) is 2.34. The highest BCUT2D eigenvalue weighted by molar-refractivity contribution is 5.95. The molecule has 0 fully saturated rings. The van der Waals surface area contributed by atoms with Crippen LogP contribution in [0, 0.1) is 0 Å². The average Bonchev–Trinajstić information content (AvgIpc) is 2.71. The predicted octanol–water partition coefficient (Wildman–Crippen LogP) is 3.08. The van der Waals surface area contributed by atoms with E-state index in [1.807, 2.05) is 30.3 Å². The van der Waals surface area contributed by atoms with Crippen LogP contribution in [-0.4, -0.2) is 26.2 Å². The molecular weight excluding hydrogens is 360 g/mol. The Labute approximate surface area is 163 Å². The fourth-order valence-electron chi connectivity index (χ4n) is 3.05. The molecule has 7 nitrogen and oxygen atoms in total. The first-order chi connectivity index (χ1) is 13.5. The first kappa shape index (κ1) is 19.3. The normalized spacial score (nSPS) is 16.1. The van der Waals surface area contributed by atoms with Gasteiger partial charge in [0.2, 0.25) is 0 Å². The van der Waals surface area contributed by atoms with Gasteiger partial charge in [-0.3, -0.25) is 0 Å². The van der Waals surface area contributed by atoms with Crippen molar-refractivity contribution in [2.24, 2.45) is 0 Å². The zero-order valence-electron chi connectivity index (χ0n) is 15.9. The van der Waals surface area contributed by atoms with Crippen LogP contribution in [-0.2, 0) is 16.1 Å². The van der Waals surface area contributed by atoms with Gasteiger partial charge in [0, 0.05) is 5.70 Å². The van der Waals surface area contributed by atoms with E-state index >= 15 is 0 Å². The van der Waals surface area contributed by atoms with Crippen molar-refractivity contribution in [3.63, 3.8) is 0 Å². The standard InChI is InChI=1S/C21H22N2O5/c1-13-18(20(24)28-12-14-7-5-4-6-8-14)19(23-21(25)22-13)15-9-10-16(26-2)17(11-15)27-3/h4-11,19H,12H2,1-3H3,(H2,22,23,25)/t19-/m1/s1. The molecule has 28 heavy (non-hydrogen) atoms. The molecule has 0 spiro atoms. The third-order valence-electron chi connectivity index (χ3n) is 4.44. The van der Waals surface area contributed by atoms with E-state index in [1.165, 1.54) is 7.11 Å². The molecular formula is C21H22N2O5. The Bertz CT molecular complexity index is 908. The van der Waals surface area contributed by atoms with E-state index in [2.05, 4.69) is 10.6 Å². The molecule has 2 N–H and O–H groups in total. The minimum absolute atomic E-state index is 0.142. The van der Waals surface area contributed by atoms with Gasteiger partial charge >= 0.3 is 12.0 Å². The summed E-state index contributed by atoms with van der Waals surface area (Å²) in [7, 11) is 3.07. The Morgan fingerprint density at radius 2 is 1.75 bits per heavy atom. The van der Waals surface area contributed by atoms with Crippen molar-refractivity contribution in [2.75, 3.05) is 14.2 Å². The Kier molecular flexibility index (Phi) is 5.84. The van der Waals surface area contributed by atoms with Crippen LogP contribution in [0.4, 0.5) is 4.79 Å². The van der Waals surface area contributed by atoms with Crippen molar-refractivity contribution < 1.29 is 23.8 Å². The number of urea groups is 1. The second-order valence-corrected chi connectivity index (χ2v) is 6.25. The molecule has 0 saturated heterocycles. The molecule has 2 aromatic rings. The summed E-state index contributed by atoms with van der Waals surface area (Å²) in [5.74, 6) is 0.552. The molecule has 0 bridgehead atoms. The van der Waals surface area contributed by atoms with Gasteiger partial charge < -0.3 is 24.8 Å². The number of nitrogens with one attached hydrogen (secondary N) is 2. The molecule has 1 heterocycles. The number of benzene rings is 2. The molecule has 1 atom stereocenters. The summed E-state index contributed by atoms with van der Waals surface area (Å²) in [4.78, 5) is 24.8. The minimum atomic E-state index is -0.670. The third kappa shape index (κ3) is 4.09. The number of methoxy groups -OCH3 is 2. The van der Waals surface area contributed by atoms with Gasteiger partial charge in [0.15, 0.2) is 11.5 Å². The second-order valence-electron chi connectivity index (χ2n) is 6.25. The molecule has 0 saturated carbocycles. The summed E-state index contributed by atoms with van der Waals surface area (Å²) in [5, 5.41) is 5.41. The quantitative estimate of drug-likeness (QED) is 0.750. The van der Waals surface area contributed by atoms with Gasteiger partial charge in [-0.2, -0.15) is 0 Å². The fraction of sp³-hybridized carbons (Fsp3) is 0.238. The molecule has 2 amide bonds. The number of hydrogen-bond donors (Lipinski definition) is 2. The van der Waals surface area contributed by atoms with Crippen LogP contribution in [0.1, 0.15) is 24.1 Å². The Morgan fingerprint density at radius 1 is 1.04 bits per heavy atom. The highest BCUT2D eigenvalue weighted by atomic mass is 16.5. The molecule has 0 aliphatic carbocycles. The van der Waals surface area contributed by atoms with E-state index in [0.717, 1.165) is 5.56 Å². The smallest absolute Gasteiger partial charge is 0.338 e. The minimum Gasteiger partial charge on any atom is -0.493 e. The van der Waals surface area contributed by atoms with Gasteiger partial charge in [-0.05, 0) is 30.2 Å². The van der Waals surface area contributed by atoms with Crippen molar-refractivity contribution in [1.29, 1.82) is 0 Å². The Morgan fingerprint density at radius 3 is 2.43 bits per heavy atom. The molecule has 146 valence electrons. The van der Waals surface area contributed by atoms with Crippen molar-refractivity contribution in [3.8, 4) is 11.5 Å². The molecule has 1 aliphatic heterocycles. The number of carbonyl (C=O) groups is 2. The van der Waals surface area contributed by atoms with Crippen molar-refractivity contribution in [2.45, 2.75) is 19.6 Å². The van der Waals surface area contributed by atoms with Gasteiger partial charge in [-0.1, -0.05) is 36.4 Å². The van der Waals surface area contributed by atoms with E-state index in [-0.39, 0.29) is 6.61 Å². The van der Waals surface area contributed by atoms with E-state index in [0.29, 0.717) is 28.3 Å². The van der Waals surface area contributed by atoms with Gasteiger partial charge in [-0.15, -0.1) is 0 Å². The summed E-state index contributed by atoms with van der Waals surface area (Å²) in [6, 6.07) is 13.6. The molecule has 3 rings (SSSR count). The molecule has 0 radical (unpaired) electrons. The lowest BCUT2D eigenvalue weighted by atomic mass is 9.95. The largest absolute Gasteiger partial charge is 0.493 e. The van der Waals surface area contributed by atoms with Crippen LogP contribution in [0.15, 0.2) is 59.8 Å². The lowest BCUT2D eigenvalue weighted by Crippen LogP contribution is -2.45. The van der Waals surface area contributed by atoms with Crippen LogP contribution in [0.25, 0.3) is 0 Å². The van der Waals surface area contributed by atoms with Gasteiger partial charge in [0.1, 0.15) is 6.61 Å². The number of rotatable bonds is 6. The summed E-state index contributed by atoms with van der Waals surface area (Å²) in [6.45, 7) is 1.81. The van der Waals surface area contributed by atoms with E-state index in [1.54, 1.807) is 32.2 Å². The SMILES string of the molecule is COc1ccc([C@H]2NC(=O)NC(C)=C2C(=O)OCc2ccccc2)cc1OC. The molecule has 1 aliphatic rings. The average molecular weight is 382 g/mol. The fourth-order valence-corrected chi connectivity index (χ4v) is 3.05. The highest BCUT2D eigenvalue weighted by Gasteiger charge is 2.32. The van der Waals surface area contributed by atoms with Crippen LogP contribution in [0.3, 0.4) is 0 Å². The van der Waals surface area contributed by atoms with E-state index < -0.39 is 18.0 Å². The van der Waals surface area contributed by atoms with Crippen LogP contribution < -0.4 is 20.1 Å². The summed E-state index contributed by atoms with van der Waals surface area (Å²) >= 11 is 0. The van der Waals surface area contributed by atoms with Crippen molar-refractivity contribution in [1.82, 2.24) is 10.6 Å². The number of hydrogen-bond acceptors (Lipinski definition) is 5. The Balaban J connectivity index is 1.89. The van der Waals surface area contributed by atoms with E-state index in [9.17, 15) is 9.59 Å². The Hall–Kier alpha value is -3.48. The highest BCUT2D eigenvalue weighted by Crippen LogP contribution is 2.34. The number of esters is 1. The molecule has 2 aromatic carbocycles. The molecule has 7 heteroatoms. The predicted molar refractivity (Wildman–Crippen MR) is 103 cm³/mol. The van der Waals surface area contributed by atoms with E-state index in [4.69, 9.17) is 14.2 Å². The lowest BCUT2D eigenvalue weighted by Gasteiger charge is -2.28. The van der Waals surface area contributed by atoms with Crippen LogP contribution >= 0.6 is 0 Å². The maximum absolute atomic E-state index is 12.8. The summed E-state index contributed by atoms with van der Waals surface area (Å²) in [6.07, 6.45) is 0. The van der Waals surface area contributed by atoms with Crippen molar-refractivity contribution in [3.05, 3.63) is 70.9 Å². The first-order valence-corrected chi connectivity index (χ1v) is 8.74. The van der Waals surface area contributed by atoms with Crippen LogP contribution in [0.5, 0.6) is 11.5 Å². The maximum atomic E-state index is 12.8. The number of amides is 2. The van der Waals surface area contributed by atoms with Crippen molar-refractivity contribution >= 4 is 12.0 Å². The van der Waals surface area contributed by atoms with Gasteiger partial charge in [0.25, 0.3) is 0 Å². The monoisotopic (exact) mass is 382 g/mol. The maximum Gasteiger partial charge on any atom is 0.338 e. The molecule has 0 unspecified atom stereocenters. The number of carbonyl (C=O) groups excluding carboxylic acids is 2. The zero-order chi connectivity index (χ0) is 20.1. The first-order valence-electron chi connectivity index (χ1n) is 8.74. The second kappa shape index (κ2) is 8.47. The number of allylic oxidation sites excluding steroid dienone is 1. The van der Waals surface area contributed by atoms with Gasteiger partial charge in [0.05, 0.1) is 25.8 Å². The number of ether oxygens (including phenoxy) is 3. The summed E-state index contributed by atoms with van der Waals surface area (Å²) < 4.78 is 16.1. The third-order valence-corrected chi connectivity index (χ3v) is 4.44. The topological polar surface area (TPSA) is 85.9 Å². The zero-order valence-corrected chi connectivity index (χ0v) is 15.9. The molecule has 0 aromatic heterocycles.